The Morgan fingerprint density at radius 3 is 2.58 bits per heavy atom. The number of alkyl carbamates (subject to hydrolysis) is 1. The molecule has 0 aromatic rings. The van der Waals surface area contributed by atoms with Gasteiger partial charge >= 0.3 is 6.09 Å². The first kappa shape index (κ1) is 14.6. The molecule has 6 heteroatoms. The van der Waals surface area contributed by atoms with E-state index < -0.39 is 11.9 Å². The Morgan fingerprint density at radius 1 is 1.37 bits per heavy atom. The van der Waals surface area contributed by atoms with Crippen molar-refractivity contribution in [3.05, 3.63) is 0 Å². The topological polar surface area (TPSA) is 82.8 Å². The molecule has 1 aliphatic heterocycles. The highest BCUT2D eigenvalue weighted by atomic mass is 16.7. The van der Waals surface area contributed by atoms with Crippen LogP contribution in [0.3, 0.4) is 0 Å². The minimum absolute atomic E-state index is 0.163. The molecule has 1 saturated carbocycles. The molecule has 2 fully saturated rings. The molecule has 110 valence electrons. The number of carbonyl (C=O) groups excluding carboxylic acids is 1. The van der Waals surface area contributed by atoms with Crippen molar-refractivity contribution in [2.24, 2.45) is 5.73 Å². The second-order valence-corrected chi connectivity index (χ2v) is 6.33. The molecule has 19 heavy (non-hydrogen) atoms. The molecule has 0 bridgehead atoms. The van der Waals surface area contributed by atoms with Crippen molar-refractivity contribution in [2.75, 3.05) is 13.2 Å². The van der Waals surface area contributed by atoms with Gasteiger partial charge in [0, 0.05) is 24.4 Å². The van der Waals surface area contributed by atoms with Gasteiger partial charge in [-0.05, 0) is 27.2 Å². The lowest BCUT2D eigenvalue weighted by atomic mass is 9.88. The van der Waals surface area contributed by atoms with Crippen LogP contribution < -0.4 is 11.1 Å². The molecule has 3 N–H and O–H groups in total. The van der Waals surface area contributed by atoms with E-state index in [0.717, 1.165) is 12.8 Å². The molecular formula is C13H24N2O4. The van der Waals surface area contributed by atoms with Gasteiger partial charge in [-0.25, -0.2) is 4.79 Å². The van der Waals surface area contributed by atoms with Crippen molar-refractivity contribution in [3.63, 3.8) is 0 Å². The fourth-order valence-corrected chi connectivity index (χ4v) is 2.49. The highest BCUT2D eigenvalue weighted by molar-refractivity contribution is 5.68. The van der Waals surface area contributed by atoms with Gasteiger partial charge in [-0.1, -0.05) is 0 Å². The van der Waals surface area contributed by atoms with Crippen LogP contribution in [-0.4, -0.2) is 42.8 Å². The summed E-state index contributed by atoms with van der Waals surface area (Å²) >= 11 is 0. The van der Waals surface area contributed by atoms with Crippen LogP contribution >= 0.6 is 0 Å². The number of carbonyl (C=O) groups is 1. The monoisotopic (exact) mass is 272 g/mol. The molecule has 2 rings (SSSR count). The summed E-state index contributed by atoms with van der Waals surface area (Å²) < 4.78 is 16.7. The lowest BCUT2D eigenvalue weighted by Crippen LogP contribution is -2.52. The van der Waals surface area contributed by atoms with Crippen LogP contribution in [0.5, 0.6) is 0 Å². The minimum Gasteiger partial charge on any atom is -0.444 e. The first-order valence-electron chi connectivity index (χ1n) is 6.82. The summed E-state index contributed by atoms with van der Waals surface area (Å²) in [6.07, 6.45) is 1.19. The van der Waals surface area contributed by atoms with Crippen molar-refractivity contribution >= 4 is 6.09 Å². The molecule has 0 aromatic heterocycles. The third-order valence-electron chi connectivity index (χ3n) is 3.40. The number of nitrogens with two attached hydrogens (primary N) is 1. The Hall–Kier alpha value is -0.850. The molecule has 2 aliphatic rings. The predicted octanol–water partition coefficient (Wildman–Crippen LogP) is 1.13. The molecule has 1 heterocycles. The number of nitrogens with one attached hydrogen (secondary N) is 1. The van der Waals surface area contributed by atoms with Gasteiger partial charge in [0.2, 0.25) is 0 Å². The summed E-state index contributed by atoms with van der Waals surface area (Å²) in [7, 11) is 0. The van der Waals surface area contributed by atoms with E-state index in [-0.39, 0.29) is 17.7 Å². The van der Waals surface area contributed by atoms with E-state index in [9.17, 15) is 4.79 Å². The van der Waals surface area contributed by atoms with Gasteiger partial charge in [-0.3, -0.25) is 0 Å². The van der Waals surface area contributed by atoms with Crippen LogP contribution in [0.1, 0.15) is 40.0 Å². The Balaban J connectivity index is 1.92. The van der Waals surface area contributed by atoms with Crippen LogP contribution in [-0.2, 0) is 14.2 Å². The van der Waals surface area contributed by atoms with E-state index in [4.69, 9.17) is 19.9 Å². The summed E-state index contributed by atoms with van der Waals surface area (Å²) in [6, 6.07) is -0.163. The summed E-state index contributed by atoms with van der Waals surface area (Å²) in [5, 5.41) is 2.77. The van der Waals surface area contributed by atoms with Crippen LogP contribution in [0.4, 0.5) is 4.79 Å². The summed E-state index contributed by atoms with van der Waals surface area (Å²) in [5.74, 6) is -0.595. The number of amides is 1. The van der Waals surface area contributed by atoms with E-state index in [1.165, 1.54) is 0 Å². The number of rotatable bonds is 1. The Labute approximate surface area is 113 Å². The third-order valence-corrected chi connectivity index (χ3v) is 3.40. The van der Waals surface area contributed by atoms with Crippen LogP contribution in [0.25, 0.3) is 0 Å². The summed E-state index contributed by atoms with van der Waals surface area (Å²) in [5.41, 5.74) is 5.70. The zero-order valence-electron chi connectivity index (χ0n) is 11.9. The highest BCUT2D eigenvalue weighted by Gasteiger charge is 2.45. The van der Waals surface area contributed by atoms with E-state index in [0.29, 0.717) is 19.6 Å². The minimum atomic E-state index is -0.595. The van der Waals surface area contributed by atoms with Crippen LogP contribution in [0, 0.1) is 0 Å². The lowest BCUT2D eigenvalue weighted by molar-refractivity contribution is -0.198. The number of ether oxygens (including phenoxy) is 3. The summed E-state index contributed by atoms with van der Waals surface area (Å²) in [6.45, 7) is 6.89. The molecule has 1 saturated heterocycles. The second kappa shape index (κ2) is 5.26. The van der Waals surface area contributed by atoms with Gasteiger partial charge in [0.1, 0.15) is 6.10 Å². The van der Waals surface area contributed by atoms with Gasteiger partial charge in [-0.2, -0.15) is 0 Å². The maximum atomic E-state index is 11.8. The average Bonchev–Trinajstić information content (AvgIpc) is 2.70. The van der Waals surface area contributed by atoms with Crippen LogP contribution in [0.2, 0.25) is 0 Å². The zero-order valence-corrected chi connectivity index (χ0v) is 11.9. The van der Waals surface area contributed by atoms with E-state index in [2.05, 4.69) is 5.32 Å². The van der Waals surface area contributed by atoms with Gasteiger partial charge in [-0.15, -0.1) is 0 Å². The smallest absolute Gasteiger partial charge is 0.407 e. The first-order chi connectivity index (χ1) is 8.80. The van der Waals surface area contributed by atoms with E-state index in [1.54, 1.807) is 0 Å². The Kier molecular flexibility index (Phi) is 4.03. The van der Waals surface area contributed by atoms with E-state index in [1.807, 2.05) is 20.8 Å². The van der Waals surface area contributed by atoms with Gasteiger partial charge in [0.05, 0.1) is 13.2 Å². The Morgan fingerprint density at radius 2 is 2.00 bits per heavy atom. The molecule has 1 amide bonds. The Bertz CT molecular complexity index is 334. The van der Waals surface area contributed by atoms with Crippen molar-refractivity contribution in [3.8, 4) is 0 Å². The second-order valence-electron chi connectivity index (χ2n) is 6.33. The highest BCUT2D eigenvalue weighted by Crippen LogP contribution is 2.36. The van der Waals surface area contributed by atoms with Gasteiger partial charge in [0.25, 0.3) is 0 Å². The molecule has 1 spiro atoms. The normalized spacial score (nSPS) is 30.3. The van der Waals surface area contributed by atoms with Crippen LogP contribution in [0.15, 0.2) is 0 Å². The number of hydrogen-bond acceptors (Lipinski definition) is 5. The summed E-state index contributed by atoms with van der Waals surface area (Å²) in [4.78, 5) is 11.8. The molecule has 6 nitrogen and oxygen atoms in total. The fourth-order valence-electron chi connectivity index (χ4n) is 2.49. The predicted molar refractivity (Wildman–Crippen MR) is 69.6 cm³/mol. The van der Waals surface area contributed by atoms with Crippen molar-refractivity contribution in [1.82, 2.24) is 5.32 Å². The number of hydrogen-bond donors (Lipinski definition) is 2. The van der Waals surface area contributed by atoms with Crippen molar-refractivity contribution in [1.29, 1.82) is 0 Å². The molecule has 1 aliphatic carbocycles. The quantitative estimate of drug-likeness (QED) is 0.748. The van der Waals surface area contributed by atoms with Crippen molar-refractivity contribution in [2.45, 2.75) is 63.5 Å². The first-order valence-corrected chi connectivity index (χ1v) is 6.82. The molecule has 2 atom stereocenters. The zero-order chi connectivity index (χ0) is 14.1. The average molecular weight is 272 g/mol. The standard InChI is InChI=1S/C13H24N2O4/c1-12(2,3)15-11(16)19-10-8-13(5-4-9(10)14)17-6-7-18-13/h9-10H,4-8,14H2,1-3H3,(H,15,16). The molecule has 0 aromatic carbocycles. The maximum absolute atomic E-state index is 11.8. The third kappa shape index (κ3) is 3.81. The fraction of sp³-hybridized carbons (Fsp3) is 0.923. The van der Waals surface area contributed by atoms with Gasteiger partial charge < -0.3 is 25.3 Å². The van der Waals surface area contributed by atoms with E-state index >= 15 is 0 Å². The van der Waals surface area contributed by atoms with Crippen molar-refractivity contribution < 1.29 is 19.0 Å². The molecular weight excluding hydrogens is 248 g/mol. The van der Waals surface area contributed by atoms with Gasteiger partial charge in [0.15, 0.2) is 5.79 Å². The molecule has 0 radical (unpaired) electrons. The molecule has 2 unspecified atom stereocenters. The SMILES string of the molecule is CC(C)(C)NC(=O)OC1CC2(CCC1N)OCCO2. The maximum Gasteiger partial charge on any atom is 0.407 e. The largest absolute Gasteiger partial charge is 0.444 e. The lowest BCUT2D eigenvalue weighted by Gasteiger charge is -2.39.